The van der Waals surface area contributed by atoms with E-state index in [1.165, 1.54) is 60.2 Å². The minimum absolute atomic E-state index is 1.06. The molecule has 0 amide bonds. The summed E-state index contributed by atoms with van der Waals surface area (Å²) >= 11 is -2.12. The van der Waals surface area contributed by atoms with Crippen LogP contribution in [0.2, 0.25) is 13.8 Å². The van der Waals surface area contributed by atoms with E-state index in [0.717, 1.165) is 6.61 Å². The molecule has 0 aliphatic carbocycles. The first-order valence-electron chi connectivity index (χ1n) is 7.82. The maximum atomic E-state index is 6.39. The summed E-state index contributed by atoms with van der Waals surface area (Å²) < 4.78 is 9.28. The quantitative estimate of drug-likeness (QED) is 0.322. The van der Waals surface area contributed by atoms with Gasteiger partial charge in [0.05, 0.1) is 0 Å². The van der Waals surface area contributed by atoms with Crippen LogP contribution in [0, 0.1) is 0 Å². The van der Waals surface area contributed by atoms with Gasteiger partial charge in [0.15, 0.2) is 0 Å². The average molecular weight is 349 g/mol. The predicted molar refractivity (Wildman–Crippen MR) is 81.1 cm³/mol. The Balaban J connectivity index is 3.82. The summed E-state index contributed by atoms with van der Waals surface area (Å²) in [4.78, 5) is 2.53. The van der Waals surface area contributed by atoms with E-state index in [0.29, 0.717) is 0 Å². The zero-order valence-electron chi connectivity index (χ0n) is 12.7. The van der Waals surface area contributed by atoms with Gasteiger partial charge in [-0.1, -0.05) is 0 Å². The van der Waals surface area contributed by atoms with Gasteiger partial charge in [-0.15, -0.1) is 0 Å². The number of hydrogen-bond donors (Lipinski definition) is 0. The van der Waals surface area contributed by atoms with Crippen molar-refractivity contribution in [3.8, 4) is 0 Å². The number of rotatable bonds is 12. The van der Waals surface area contributed by atoms with Gasteiger partial charge >= 0.3 is 114 Å². The van der Waals surface area contributed by atoms with Crippen LogP contribution in [-0.2, 0) is 3.07 Å². The van der Waals surface area contributed by atoms with Gasteiger partial charge in [0.1, 0.15) is 0 Å². The van der Waals surface area contributed by atoms with Gasteiger partial charge in [0, 0.05) is 0 Å². The summed E-state index contributed by atoms with van der Waals surface area (Å²) in [5.41, 5.74) is 0. The molecule has 0 atom stereocenters. The molecule has 2 heteroatoms. The Morgan fingerprint density at radius 1 is 0.706 bits per heavy atom. The molecule has 0 aromatic rings. The van der Waals surface area contributed by atoms with Gasteiger partial charge < -0.3 is 0 Å². The van der Waals surface area contributed by atoms with E-state index in [9.17, 15) is 0 Å². The van der Waals surface area contributed by atoms with Crippen LogP contribution in [0.3, 0.4) is 0 Å². The molecule has 17 heavy (non-hydrogen) atoms. The van der Waals surface area contributed by atoms with Crippen molar-refractivity contribution >= 4 is 18.8 Å². The van der Waals surface area contributed by atoms with E-state index in [4.69, 9.17) is 3.07 Å². The molecule has 0 spiro atoms. The second-order valence-electron chi connectivity index (χ2n) is 5.57. The van der Waals surface area contributed by atoms with Crippen LogP contribution < -0.4 is 0 Å². The van der Waals surface area contributed by atoms with Crippen LogP contribution in [0.1, 0.15) is 72.1 Å². The maximum absolute atomic E-state index is 6.39. The Labute approximate surface area is 114 Å². The van der Waals surface area contributed by atoms with Crippen LogP contribution in [0.15, 0.2) is 0 Å². The first-order chi connectivity index (χ1) is 8.18. The standard InChI is InChI=1S/C6H13O.2C4H9.CH3.Sn/c1-2-3-4-5-6-7;2*1-3-4-2;;/h2-6H2,1H3;2*1,3-4H2,2H3;1H3;/q-1;;;;+1. The molecule has 0 heterocycles. The second-order valence-corrected chi connectivity index (χ2v) is 17.5. The molecule has 0 aromatic carbocycles. The molecule has 0 fully saturated rings. The van der Waals surface area contributed by atoms with Gasteiger partial charge in [-0.25, -0.2) is 0 Å². The molecule has 0 aliphatic heterocycles. The van der Waals surface area contributed by atoms with E-state index in [-0.39, 0.29) is 0 Å². The Bertz CT molecular complexity index is 151. The average Bonchev–Trinajstić information content (AvgIpc) is 2.34. The summed E-state index contributed by atoms with van der Waals surface area (Å²) in [5, 5.41) is 0. The van der Waals surface area contributed by atoms with E-state index >= 15 is 0 Å². The monoisotopic (exact) mass is 350 g/mol. The van der Waals surface area contributed by atoms with Crippen LogP contribution in [0.25, 0.3) is 0 Å². The van der Waals surface area contributed by atoms with E-state index in [1.807, 2.05) is 0 Å². The first kappa shape index (κ1) is 17.8. The molecule has 0 aliphatic rings. The fourth-order valence-corrected chi connectivity index (χ4v) is 11.9. The summed E-state index contributed by atoms with van der Waals surface area (Å²) in [7, 11) is 0. The Kier molecular flexibility index (Phi) is 12.4. The van der Waals surface area contributed by atoms with Crippen molar-refractivity contribution in [2.24, 2.45) is 0 Å². The zero-order chi connectivity index (χ0) is 13.0. The molecule has 0 saturated heterocycles. The Morgan fingerprint density at radius 3 is 1.71 bits per heavy atom. The van der Waals surface area contributed by atoms with Crippen LogP contribution in [-0.4, -0.2) is 25.4 Å². The fourth-order valence-electron chi connectivity index (χ4n) is 2.22. The molecule has 0 N–H and O–H groups in total. The number of unbranched alkanes of at least 4 members (excludes halogenated alkanes) is 5. The van der Waals surface area contributed by atoms with Gasteiger partial charge in [0.25, 0.3) is 0 Å². The Morgan fingerprint density at radius 2 is 1.24 bits per heavy atom. The van der Waals surface area contributed by atoms with Gasteiger partial charge in [-0.3, -0.25) is 0 Å². The molecule has 0 radical (unpaired) electrons. The number of hydrogen-bond acceptors (Lipinski definition) is 1. The molecule has 0 unspecified atom stereocenters. The van der Waals surface area contributed by atoms with Crippen LogP contribution in [0.4, 0.5) is 0 Å². The zero-order valence-corrected chi connectivity index (χ0v) is 15.5. The third-order valence-corrected chi connectivity index (χ3v) is 14.2. The van der Waals surface area contributed by atoms with E-state index in [1.54, 1.807) is 0 Å². The third kappa shape index (κ3) is 10.4. The fraction of sp³-hybridized carbons (Fsp3) is 1.00. The summed E-state index contributed by atoms with van der Waals surface area (Å²) in [6.07, 6.45) is 10.8. The molecular formula is C15H34OSn. The van der Waals surface area contributed by atoms with Crippen molar-refractivity contribution in [1.29, 1.82) is 0 Å². The molecule has 0 rings (SSSR count). The van der Waals surface area contributed by atoms with Crippen molar-refractivity contribution in [1.82, 2.24) is 0 Å². The molecule has 0 aromatic heterocycles. The van der Waals surface area contributed by atoms with Crippen LogP contribution >= 0.6 is 0 Å². The van der Waals surface area contributed by atoms with Crippen molar-refractivity contribution in [2.75, 3.05) is 6.61 Å². The van der Waals surface area contributed by atoms with Crippen molar-refractivity contribution in [3.05, 3.63) is 0 Å². The van der Waals surface area contributed by atoms with Crippen LogP contribution in [0.5, 0.6) is 0 Å². The molecule has 1 nitrogen and oxygen atoms in total. The first-order valence-corrected chi connectivity index (χ1v) is 15.9. The van der Waals surface area contributed by atoms with E-state index < -0.39 is 18.8 Å². The van der Waals surface area contributed by atoms with Crippen molar-refractivity contribution in [2.45, 2.75) is 86.0 Å². The SMILES string of the molecule is CCCCCC[O][Sn]([CH3])([CH2]CCC)[CH2]CCC. The summed E-state index contributed by atoms with van der Waals surface area (Å²) in [6.45, 7) is 7.92. The summed E-state index contributed by atoms with van der Waals surface area (Å²) in [5.74, 6) is 0. The van der Waals surface area contributed by atoms with Gasteiger partial charge in [0.2, 0.25) is 0 Å². The normalized spacial score (nSPS) is 12.0. The van der Waals surface area contributed by atoms with Crippen molar-refractivity contribution < 1.29 is 3.07 Å². The summed E-state index contributed by atoms with van der Waals surface area (Å²) in [6, 6.07) is 0. The third-order valence-electron chi connectivity index (χ3n) is 3.57. The molecule has 104 valence electrons. The topological polar surface area (TPSA) is 9.23 Å². The molecular weight excluding hydrogens is 315 g/mol. The Hall–Kier alpha value is 0.759. The van der Waals surface area contributed by atoms with Crippen molar-refractivity contribution in [3.63, 3.8) is 0 Å². The van der Waals surface area contributed by atoms with Gasteiger partial charge in [-0.05, 0) is 0 Å². The molecule has 0 bridgehead atoms. The van der Waals surface area contributed by atoms with Gasteiger partial charge in [-0.2, -0.15) is 0 Å². The minimum atomic E-state index is -2.12. The molecule has 0 saturated carbocycles. The van der Waals surface area contributed by atoms with E-state index in [2.05, 4.69) is 25.7 Å². The second kappa shape index (κ2) is 11.8. The predicted octanol–water partition coefficient (Wildman–Crippen LogP) is 5.76.